The van der Waals surface area contributed by atoms with Gasteiger partial charge in [0.15, 0.2) is 0 Å². The SMILES string of the molecule is CBOC(=O)CCCCCN. The topological polar surface area (TPSA) is 52.3 Å². The Kier molecular flexibility index (Phi) is 7.25. The van der Waals surface area contributed by atoms with Gasteiger partial charge in [-0.05, 0) is 19.4 Å². The summed E-state index contributed by atoms with van der Waals surface area (Å²) in [5, 5.41) is 0. The van der Waals surface area contributed by atoms with Crippen molar-refractivity contribution in [2.75, 3.05) is 6.54 Å². The molecule has 0 aromatic carbocycles. The second-order valence-corrected chi connectivity index (χ2v) is 2.40. The van der Waals surface area contributed by atoms with Crippen molar-refractivity contribution in [3.8, 4) is 0 Å². The molecule has 0 amide bonds. The number of nitrogens with two attached hydrogens (primary N) is 1. The van der Waals surface area contributed by atoms with E-state index in [0.29, 0.717) is 20.4 Å². The normalized spacial score (nSPS) is 9.27. The molecule has 64 valence electrons. The fraction of sp³-hybridized carbons (Fsp3) is 0.857. The lowest BCUT2D eigenvalue weighted by atomic mass is 10.1. The average Bonchev–Trinajstić information content (AvgIpc) is 1.99. The Bertz CT molecular complexity index is 109. The van der Waals surface area contributed by atoms with Crippen molar-refractivity contribution in [1.82, 2.24) is 0 Å². The third kappa shape index (κ3) is 7.39. The maximum absolute atomic E-state index is 10.8. The summed E-state index contributed by atoms with van der Waals surface area (Å²) in [7, 11) is 0.482. The molecule has 0 fully saturated rings. The summed E-state index contributed by atoms with van der Waals surface area (Å²) in [6.45, 7) is 2.53. The quantitative estimate of drug-likeness (QED) is 0.449. The maximum Gasteiger partial charge on any atom is 0.340 e. The zero-order valence-electron chi connectivity index (χ0n) is 7.14. The highest BCUT2D eigenvalue weighted by Crippen LogP contribution is 1.99. The number of rotatable bonds is 6. The van der Waals surface area contributed by atoms with Crippen LogP contribution in [0.3, 0.4) is 0 Å². The fourth-order valence-corrected chi connectivity index (χ4v) is 0.824. The van der Waals surface area contributed by atoms with Crippen LogP contribution in [-0.2, 0) is 9.45 Å². The Morgan fingerprint density at radius 1 is 1.45 bits per heavy atom. The van der Waals surface area contributed by atoms with Crippen LogP contribution in [-0.4, -0.2) is 20.0 Å². The molecule has 0 aromatic rings. The summed E-state index contributed by atoms with van der Waals surface area (Å²) >= 11 is 0. The smallest absolute Gasteiger partial charge is 0.340 e. The number of hydrogen-bond acceptors (Lipinski definition) is 3. The first-order chi connectivity index (χ1) is 5.31. The molecular weight excluding hydrogens is 141 g/mol. The largest absolute Gasteiger partial charge is 0.540 e. The molecule has 0 unspecified atom stereocenters. The van der Waals surface area contributed by atoms with Gasteiger partial charge in [-0.3, -0.25) is 4.79 Å². The zero-order chi connectivity index (χ0) is 8.53. The van der Waals surface area contributed by atoms with E-state index in [0.717, 1.165) is 19.3 Å². The van der Waals surface area contributed by atoms with Gasteiger partial charge in [-0.2, -0.15) is 0 Å². The molecule has 0 aliphatic heterocycles. The summed E-state index contributed by atoms with van der Waals surface area (Å²) in [5.74, 6) is -0.0930. The van der Waals surface area contributed by atoms with Gasteiger partial charge in [-0.1, -0.05) is 13.2 Å². The average molecular weight is 157 g/mol. The lowest BCUT2D eigenvalue weighted by Crippen LogP contribution is -2.06. The predicted molar refractivity (Wildman–Crippen MR) is 46.6 cm³/mol. The van der Waals surface area contributed by atoms with E-state index in [-0.39, 0.29) is 5.97 Å². The second-order valence-electron chi connectivity index (χ2n) is 2.40. The number of hydrogen-bond donors (Lipinski definition) is 1. The molecule has 0 heterocycles. The van der Waals surface area contributed by atoms with E-state index in [1.54, 1.807) is 0 Å². The van der Waals surface area contributed by atoms with Gasteiger partial charge in [0.25, 0.3) is 5.97 Å². The van der Waals surface area contributed by atoms with E-state index in [9.17, 15) is 4.79 Å². The Morgan fingerprint density at radius 3 is 2.73 bits per heavy atom. The second kappa shape index (κ2) is 7.60. The van der Waals surface area contributed by atoms with Gasteiger partial charge in [0.2, 0.25) is 0 Å². The van der Waals surface area contributed by atoms with Crippen LogP contribution in [0.25, 0.3) is 0 Å². The first-order valence-corrected chi connectivity index (χ1v) is 4.17. The Hall–Kier alpha value is -0.505. The van der Waals surface area contributed by atoms with Gasteiger partial charge in [-0.15, -0.1) is 0 Å². The highest BCUT2D eigenvalue weighted by atomic mass is 16.5. The van der Waals surface area contributed by atoms with Crippen LogP contribution < -0.4 is 5.73 Å². The van der Waals surface area contributed by atoms with Crippen molar-refractivity contribution in [2.24, 2.45) is 5.73 Å². The van der Waals surface area contributed by atoms with Gasteiger partial charge < -0.3 is 10.4 Å². The number of carbonyl (C=O) groups excluding carboxylic acids is 1. The highest BCUT2D eigenvalue weighted by molar-refractivity contribution is 6.28. The molecule has 0 radical (unpaired) electrons. The lowest BCUT2D eigenvalue weighted by Gasteiger charge is -2.00. The molecule has 0 aliphatic carbocycles. The lowest BCUT2D eigenvalue weighted by molar-refractivity contribution is -0.134. The summed E-state index contributed by atoms with van der Waals surface area (Å²) in [6, 6.07) is 0. The minimum Gasteiger partial charge on any atom is -0.540 e. The third-order valence-corrected chi connectivity index (χ3v) is 1.39. The molecule has 2 N–H and O–H groups in total. The molecule has 0 saturated carbocycles. The molecule has 0 aromatic heterocycles. The van der Waals surface area contributed by atoms with Crippen LogP contribution in [0.4, 0.5) is 0 Å². The van der Waals surface area contributed by atoms with E-state index in [4.69, 9.17) is 10.4 Å². The van der Waals surface area contributed by atoms with E-state index < -0.39 is 0 Å². The van der Waals surface area contributed by atoms with Gasteiger partial charge in [0.05, 0.1) is 0 Å². The van der Waals surface area contributed by atoms with Gasteiger partial charge >= 0.3 is 7.48 Å². The van der Waals surface area contributed by atoms with Crippen LogP contribution in [0, 0.1) is 0 Å². The number of carbonyl (C=O) groups is 1. The molecular formula is C7H16BNO2. The van der Waals surface area contributed by atoms with Gasteiger partial charge in [0.1, 0.15) is 0 Å². The molecule has 0 spiro atoms. The van der Waals surface area contributed by atoms with Gasteiger partial charge in [0, 0.05) is 6.42 Å². The monoisotopic (exact) mass is 157 g/mol. The van der Waals surface area contributed by atoms with Crippen LogP contribution >= 0.6 is 0 Å². The molecule has 11 heavy (non-hydrogen) atoms. The van der Waals surface area contributed by atoms with Crippen LogP contribution in [0.5, 0.6) is 0 Å². The van der Waals surface area contributed by atoms with Crippen molar-refractivity contribution in [3.63, 3.8) is 0 Å². The van der Waals surface area contributed by atoms with E-state index >= 15 is 0 Å². The van der Waals surface area contributed by atoms with E-state index in [1.165, 1.54) is 0 Å². The molecule has 0 rings (SSSR count). The minimum atomic E-state index is -0.0930. The number of unbranched alkanes of at least 4 members (excludes halogenated alkanes) is 2. The highest BCUT2D eigenvalue weighted by Gasteiger charge is 1.99. The Labute approximate surface area is 68.6 Å². The summed E-state index contributed by atoms with van der Waals surface area (Å²) in [4.78, 5) is 10.8. The first-order valence-electron chi connectivity index (χ1n) is 4.17. The van der Waals surface area contributed by atoms with Crippen molar-refractivity contribution in [3.05, 3.63) is 0 Å². The molecule has 0 bridgehead atoms. The van der Waals surface area contributed by atoms with Crippen LogP contribution in [0.2, 0.25) is 6.82 Å². The third-order valence-electron chi connectivity index (χ3n) is 1.39. The predicted octanol–water partition coefficient (Wildman–Crippen LogP) is 0.448. The molecule has 0 saturated heterocycles. The summed E-state index contributed by atoms with van der Waals surface area (Å²) in [5.41, 5.74) is 5.29. The Morgan fingerprint density at radius 2 is 2.18 bits per heavy atom. The zero-order valence-corrected chi connectivity index (χ0v) is 7.14. The van der Waals surface area contributed by atoms with Crippen molar-refractivity contribution in [2.45, 2.75) is 32.5 Å². The minimum absolute atomic E-state index is 0.0930. The molecule has 4 heteroatoms. The van der Waals surface area contributed by atoms with Crippen LogP contribution in [0.15, 0.2) is 0 Å². The van der Waals surface area contributed by atoms with Crippen LogP contribution in [0.1, 0.15) is 25.7 Å². The summed E-state index contributed by atoms with van der Waals surface area (Å²) in [6.07, 6.45) is 3.46. The summed E-state index contributed by atoms with van der Waals surface area (Å²) < 4.78 is 4.75. The van der Waals surface area contributed by atoms with Gasteiger partial charge in [-0.25, -0.2) is 0 Å². The molecule has 3 nitrogen and oxygen atoms in total. The van der Waals surface area contributed by atoms with E-state index in [1.807, 2.05) is 6.82 Å². The standard InChI is InChI=1S/C7H16BNO2/c1-8-11-7(10)5-3-2-4-6-9/h8H,2-6,9H2,1H3. The van der Waals surface area contributed by atoms with Crippen molar-refractivity contribution in [1.29, 1.82) is 0 Å². The maximum atomic E-state index is 10.8. The molecule has 0 aliphatic rings. The Balaban J connectivity index is 3.04. The fourth-order valence-electron chi connectivity index (χ4n) is 0.824. The van der Waals surface area contributed by atoms with E-state index in [2.05, 4.69) is 0 Å². The van der Waals surface area contributed by atoms with Crippen molar-refractivity contribution >= 4 is 13.5 Å². The van der Waals surface area contributed by atoms with Crippen molar-refractivity contribution < 1.29 is 9.45 Å². The first kappa shape index (κ1) is 10.5. The molecule has 0 atom stereocenters.